The van der Waals surface area contributed by atoms with Gasteiger partial charge < -0.3 is 10.2 Å². The number of nitrogens with one attached hydrogen (secondary N) is 1. The van der Waals surface area contributed by atoms with E-state index in [0.717, 1.165) is 16.5 Å². The Morgan fingerprint density at radius 1 is 1.15 bits per heavy atom. The van der Waals surface area contributed by atoms with Crippen molar-refractivity contribution in [2.45, 2.75) is 6.04 Å². The van der Waals surface area contributed by atoms with E-state index in [2.05, 4.69) is 10.3 Å². The number of carbonyl (C=O) groups excluding carboxylic acids is 1. The first-order chi connectivity index (χ1) is 12.4. The van der Waals surface area contributed by atoms with E-state index in [0.29, 0.717) is 17.3 Å². The lowest BCUT2D eigenvalue weighted by molar-refractivity contribution is 0.0942. The first-order valence-electron chi connectivity index (χ1n) is 8.20. The van der Waals surface area contributed by atoms with E-state index in [9.17, 15) is 9.18 Å². The van der Waals surface area contributed by atoms with Crippen molar-refractivity contribution < 1.29 is 9.18 Å². The van der Waals surface area contributed by atoms with E-state index in [1.54, 1.807) is 36.4 Å². The molecule has 0 saturated heterocycles. The van der Waals surface area contributed by atoms with Gasteiger partial charge in [0.1, 0.15) is 11.0 Å². The molecule has 0 bridgehead atoms. The summed E-state index contributed by atoms with van der Waals surface area (Å²) in [6.45, 7) is 0.411. The molecule has 1 unspecified atom stereocenters. The van der Waals surface area contributed by atoms with Crippen molar-refractivity contribution in [1.29, 1.82) is 0 Å². The quantitative estimate of drug-likeness (QED) is 0.688. The van der Waals surface area contributed by atoms with Gasteiger partial charge in [0.15, 0.2) is 0 Å². The van der Waals surface area contributed by atoms with E-state index >= 15 is 0 Å². The molecule has 0 aliphatic heterocycles. The highest BCUT2D eigenvalue weighted by atomic mass is 35.5. The van der Waals surface area contributed by atoms with Crippen molar-refractivity contribution in [3.05, 3.63) is 76.7 Å². The Morgan fingerprint density at radius 3 is 2.58 bits per heavy atom. The lowest BCUT2D eigenvalue weighted by atomic mass is 10.1. The third-order valence-corrected chi connectivity index (χ3v) is 4.46. The van der Waals surface area contributed by atoms with Crippen molar-refractivity contribution in [2.75, 3.05) is 20.6 Å². The number of hydrogen-bond acceptors (Lipinski definition) is 3. The van der Waals surface area contributed by atoms with Gasteiger partial charge in [0, 0.05) is 17.5 Å². The number of rotatable bonds is 5. The van der Waals surface area contributed by atoms with Crippen LogP contribution in [0.25, 0.3) is 10.9 Å². The molecule has 0 saturated carbocycles. The average molecular weight is 372 g/mol. The summed E-state index contributed by atoms with van der Waals surface area (Å²) in [6.07, 6.45) is 0. The third-order valence-electron chi connectivity index (χ3n) is 4.25. The second-order valence-electron chi connectivity index (χ2n) is 6.28. The second kappa shape index (κ2) is 7.81. The maximum Gasteiger partial charge on any atom is 0.251 e. The summed E-state index contributed by atoms with van der Waals surface area (Å²) in [4.78, 5) is 18.7. The van der Waals surface area contributed by atoms with E-state index in [1.807, 2.05) is 25.1 Å². The van der Waals surface area contributed by atoms with Crippen LogP contribution in [-0.4, -0.2) is 36.4 Å². The minimum absolute atomic E-state index is 0.0551. The number of carbonyl (C=O) groups is 1. The number of fused-ring (bicyclic) bond motifs is 1. The van der Waals surface area contributed by atoms with Gasteiger partial charge in [0.05, 0.1) is 11.6 Å². The number of benzene rings is 2. The summed E-state index contributed by atoms with van der Waals surface area (Å²) in [5, 5.41) is 4.22. The Kier molecular flexibility index (Phi) is 5.49. The molecule has 2 aromatic carbocycles. The van der Waals surface area contributed by atoms with Crippen molar-refractivity contribution in [1.82, 2.24) is 15.2 Å². The number of amides is 1. The van der Waals surface area contributed by atoms with Crippen molar-refractivity contribution in [3.63, 3.8) is 0 Å². The molecule has 1 amide bonds. The van der Waals surface area contributed by atoms with Crippen LogP contribution in [0.4, 0.5) is 4.39 Å². The number of halogens is 2. The Labute approximate surface area is 156 Å². The smallest absolute Gasteiger partial charge is 0.251 e. The molecule has 1 N–H and O–H groups in total. The molecule has 4 nitrogen and oxygen atoms in total. The molecular formula is C20H19ClFN3O. The van der Waals surface area contributed by atoms with E-state index in [4.69, 9.17) is 11.6 Å². The molecule has 3 aromatic rings. The van der Waals surface area contributed by atoms with Gasteiger partial charge in [-0.05, 0) is 62.1 Å². The molecule has 3 rings (SSSR count). The molecule has 1 heterocycles. The van der Waals surface area contributed by atoms with Crippen molar-refractivity contribution in [3.8, 4) is 0 Å². The molecular weight excluding hydrogens is 353 g/mol. The number of aromatic nitrogens is 1. The van der Waals surface area contributed by atoms with Gasteiger partial charge in [0.2, 0.25) is 0 Å². The largest absolute Gasteiger partial charge is 0.350 e. The summed E-state index contributed by atoms with van der Waals surface area (Å²) < 4.78 is 13.1. The fourth-order valence-electron chi connectivity index (χ4n) is 2.82. The van der Waals surface area contributed by atoms with Crippen LogP contribution in [0.1, 0.15) is 22.0 Å². The number of hydrogen-bond donors (Lipinski definition) is 1. The van der Waals surface area contributed by atoms with Gasteiger partial charge >= 0.3 is 0 Å². The molecule has 0 fully saturated rings. The fraction of sp³-hybridized carbons (Fsp3) is 0.200. The highest BCUT2D eigenvalue weighted by Gasteiger charge is 2.16. The maximum absolute atomic E-state index is 13.1. The SMILES string of the molecule is CN(C)C(CNC(=O)c1ccc2nc(Cl)ccc2c1)c1ccc(F)cc1. The van der Waals surface area contributed by atoms with Gasteiger partial charge in [-0.15, -0.1) is 0 Å². The molecule has 26 heavy (non-hydrogen) atoms. The van der Waals surface area contributed by atoms with E-state index in [-0.39, 0.29) is 17.8 Å². The summed E-state index contributed by atoms with van der Waals surface area (Å²) in [6, 6.07) is 15.1. The topological polar surface area (TPSA) is 45.2 Å². The molecule has 0 aliphatic carbocycles. The van der Waals surface area contributed by atoms with Crippen LogP contribution in [0.5, 0.6) is 0 Å². The zero-order valence-electron chi connectivity index (χ0n) is 14.5. The van der Waals surface area contributed by atoms with E-state index < -0.39 is 0 Å². The molecule has 1 aromatic heterocycles. The van der Waals surface area contributed by atoms with Gasteiger partial charge in [-0.1, -0.05) is 23.7 Å². The number of likely N-dealkylation sites (N-methyl/N-ethyl adjacent to an activating group) is 1. The molecule has 0 aliphatic rings. The Hall–Kier alpha value is -2.50. The average Bonchev–Trinajstić information content (AvgIpc) is 2.62. The van der Waals surface area contributed by atoms with Crippen molar-refractivity contribution >= 4 is 28.4 Å². The van der Waals surface area contributed by atoms with Gasteiger partial charge in [-0.25, -0.2) is 9.37 Å². The van der Waals surface area contributed by atoms with Gasteiger partial charge in [-0.2, -0.15) is 0 Å². The van der Waals surface area contributed by atoms with Crippen LogP contribution in [0.15, 0.2) is 54.6 Å². The Bertz CT molecular complexity index is 928. The van der Waals surface area contributed by atoms with Gasteiger partial charge in [0.25, 0.3) is 5.91 Å². The summed E-state index contributed by atoms with van der Waals surface area (Å²) in [5.41, 5.74) is 2.24. The molecule has 6 heteroatoms. The highest BCUT2D eigenvalue weighted by Crippen LogP contribution is 2.19. The molecule has 1 atom stereocenters. The minimum atomic E-state index is -0.278. The number of pyridine rings is 1. The lowest BCUT2D eigenvalue weighted by Crippen LogP contribution is -2.34. The summed E-state index contributed by atoms with van der Waals surface area (Å²) >= 11 is 5.88. The third kappa shape index (κ3) is 4.18. The van der Waals surface area contributed by atoms with Crippen LogP contribution in [0.2, 0.25) is 5.15 Å². The van der Waals surface area contributed by atoms with Crippen LogP contribution in [-0.2, 0) is 0 Å². The van der Waals surface area contributed by atoms with Crippen LogP contribution in [0, 0.1) is 5.82 Å². The van der Waals surface area contributed by atoms with Crippen LogP contribution < -0.4 is 5.32 Å². The zero-order chi connectivity index (χ0) is 18.7. The molecule has 134 valence electrons. The molecule has 0 spiro atoms. The Morgan fingerprint density at radius 2 is 1.88 bits per heavy atom. The van der Waals surface area contributed by atoms with E-state index in [1.165, 1.54) is 12.1 Å². The molecule has 0 radical (unpaired) electrons. The Balaban J connectivity index is 1.74. The van der Waals surface area contributed by atoms with Crippen molar-refractivity contribution in [2.24, 2.45) is 0 Å². The fourth-order valence-corrected chi connectivity index (χ4v) is 2.97. The van der Waals surface area contributed by atoms with Crippen LogP contribution >= 0.6 is 11.6 Å². The predicted octanol–water partition coefficient (Wildman–Crippen LogP) is 4.06. The highest BCUT2D eigenvalue weighted by molar-refractivity contribution is 6.29. The standard InChI is InChI=1S/C20H19ClFN3O/c1-25(2)18(13-3-7-16(22)8-4-13)12-23-20(26)15-5-9-17-14(11-15)6-10-19(21)24-17/h3-11,18H,12H2,1-2H3,(H,23,26). The zero-order valence-corrected chi connectivity index (χ0v) is 15.3. The first kappa shape index (κ1) is 18.3. The summed E-state index contributed by atoms with van der Waals surface area (Å²) in [5.74, 6) is -0.448. The lowest BCUT2D eigenvalue weighted by Gasteiger charge is -2.25. The maximum atomic E-state index is 13.1. The first-order valence-corrected chi connectivity index (χ1v) is 8.58. The normalized spacial score (nSPS) is 12.3. The number of nitrogens with zero attached hydrogens (tertiary/aromatic N) is 2. The second-order valence-corrected chi connectivity index (χ2v) is 6.67. The van der Waals surface area contributed by atoms with Gasteiger partial charge in [-0.3, -0.25) is 4.79 Å². The minimum Gasteiger partial charge on any atom is -0.350 e. The van der Waals surface area contributed by atoms with Crippen LogP contribution in [0.3, 0.4) is 0 Å². The predicted molar refractivity (Wildman–Crippen MR) is 102 cm³/mol. The summed E-state index contributed by atoms with van der Waals surface area (Å²) in [7, 11) is 3.84. The monoisotopic (exact) mass is 371 g/mol.